The summed E-state index contributed by atoms with van der Waals surface area (Å²) in [6.45, 7) is 6.98. The van der Waals surface area contributed by atoms with Gasteiger partial charge in [-0.3, -0.25) is 9.69 Å². The summed E-state index contributed by atoms with van der Waals surface area (Å²) in [5, 5.41) is 0. The van der Waals surface area contributed by atoms with E-state index in [1.807, 2.05) is 12.1 Å². The fraction of sp³-hybridized carbons (Fsp3) is 0.682. The Morgan fingerprint density at radius 2 is 1.75 bits per heavy atom. The van der Waals surface area contributed by atoms with Crippen molar-refractivity contribution < 1.29 is 19.0 Å². The minimum absolute atomic E-state index is 0.190. The van der Waals surface area contributed by atoms with Crippen LogP contribution in [0.2, 0.25) is 0 Å². The predicted octanol–water partition coefficient (Wildman–Crippen LogP) is 2.70. The number of amides is 1. The van der Waals surface area contributed by atoms with Crippen molar-refractivity contribution in [2.24, 2.45) is 5.92 Å². The number of benzene rings is 1. The molecular weight excluding hydrogens is 356 g/mol. The summed E-state index contributed by atoms with van der Waals surface area (Å²) >= 11 is 0. The maximum Gasteiger partial charge on any atom is 0.226 e. The van der Waals surface area contributed by atoms with Gasteiger partial charge in [0.25, 0.3) is 0 Å². The van der Waals surface area contributed by atoms with Crippen molar-refractivity contribution in [3.63, 3.8) is 0 Å². The number of fused-ring (bicyclic) bond motifs is 1. The standard InChI is InChI=1S/C22H32N2O4/c25-22(19-4-2-1-3-5-19)24(9-8-23-10-12-26-13-11-23)17-18-6-7-20-21(16-18)28-15-14-27-20/h6-7,16,19H,1-5,8-15,17H2. The van der Waals surface area contributed by atoms with Gasteiger partial charge >= 0.3 is 0 Å². The molecule has 3 aliphatic rings. The van der Waals surface area contributed by atoms with E-state index in [4.69, 9.17) is 14.2 Å². The van der Waals surface area contributed by atoms with Gasteiger partial charge < -0.3 is 19.1 Å². The molecule has 0 aromatic heterocycles. The van der Waals surface area contributed by atoms with Crippen molar-refractivity contribution in [2.45, 2.75) is 38.6 Å². The maximum absolute atomic E-state index is 13.3. The molecule has 1 amide bonds. The van der Waals surface area contributed by atoms with Gasteiger partial charge in [0.1, 0.15) is 13.2 Å². The van der Waals surface area contributed by atoms with Gasteiger partial charge in [-0.1, -0.05) is 25.3 Å². The highest BCUT2D eigenvalue weighted by molar-refractivity contribution is 5.79. The Hall–Kier alpha value is -1.79. The lowest BCUT2D eigenvalue weighted by molar-refractivity contribution is -0.137. The molecule has 6 heteroatoms. The molecule has 0 radical (unpaired) electrons. The van der Waals surface area contributed by atoms with Crippen molar-refractivity contribution in [1.82, 2.24) is 9.80 Å². The largest absolute Gasteiger partial charge is 0.486 e. The summed E-state index contributed by atoms with van der Waals surface area (Å²) < 4.78 is 16.8. The molecule has 1 aromatic rings. The van der Waals surface area contributed by atoms with Gasteiger partial charge in [-0.15, -0.1) is 0 Å². The Bertz CT molecular complexity index is 654. The normalized spacial score (nSPS) is 20.7. The second-order valence-electron chi connectivity index (χ2n) is 8.03. The van der Waals surface area contributed by atoms with Crippen molar-refractivity contribution in [1.29, 1.82) is 0 Å². The molecule has 0 atom stereocenters. The third-order valence-corrected chi connectivity index (χ3v) is 6.04. The number of carbonyl (C=O) groups is 1. The van der Waals surface area contributed by atoms with Crippen LogP contribution in [0.3, 0.4) is 0 Å². The van der Waals surface area contributed by atoms with E-state index in [1.54, 1.807) is 0 Å². The molecule has 28 heavy (non-hydrogen) atoms. The number of morpholine rings is 1. The van der Waals surface area contributed by atoms with Crippen LogP contribution in [-0.4, -0.2) is 68.3 Å². The molecule has 154 valence electrons. The summed E-state index contributed by atoms with van der Waals surface area (Å²) in [4.78, 5) is 17.8. The number of rotatable bonds is 6. The number of hydrogen-bond donors (Lipinski definition) is 0. The summed E-state index contributed by atoms with van der Waals surface area (Å²) in [5.41, 5.74) is 1.11. The Morgan fingerprint density at radius 3 is 2.54 bits per heavy atom. The number of ether oxygens (including phenoxy) is 3. The molecule has 2 aliphatic heterocycles. The van der Waals surface area contributed by atoms with Gasteiger partial charge in [0.2, 0.25) is 5.91 Å². The molecule has 2 heterocycles. The first-order valence-corrected chi connectivity index (χ1v) is 10.8. The van der Waals surface area contributed by atoms with Gasteiger partial charge in [-0.2, -0.15) is 0 Å². The third-order valence-electron chi connectivity index (χ3n) is 6.04. The predicted molar refractivity (Wildman–Crippen MR) is 107 cm³/mol. The zero-order valence-electron chi connectivity index (χ0n) is 16.7. The highest BCUT2D eigenvalue weighted by atomic mass is 16.6. The molecule has 1 saturated carbocycles. The number of nitrogens with zero attached hydrogens (tertiary/aromatic N) is 2. The lowest BCUT2D eigenvalue weighted by Gasteiger charge is -2.33. The van der Waals surface area contributed by atoms with Gasteiger partial charge in [-0.05, 0) is 30.5 Å². The van der Waals surface area contributed by atoms with Crippen LogP contribution in [0.4, 0.5) is 0 Å². The van der Waals surface area contributed by atoms with E-state index in [-0.39, 0.29) is 5.92 Å². The fourth-order valence-electron chi connectivity index (χ4n) is 4.37. The SMILES string of the molecule is O=C(C1CCCCC1)N(CCN1CCOCC1)Cc1ccc2c(c1)OCCO2. The zero-order chi connectivity index (χ0) is 19.2. The fourth-order valence-corrected chi connectivity index (χ4v) is 4.37. The highest BCUT2D eigenvalue weighted by Crippen LogP contribution is 2.32. The first-order valence-electron chi connectivity index (χ1n) is 10.8. The second kappa shape index (κ2) is 9.61. The van der Waals surface area contributed by atoms with E-state index in [2.05, 4.69) is 15.9 Å². The Morgan fingerprint density at radius 1 is 1.00 bits per heavy atom. The lowest BCUT2D eigenvalue weighted by Crippen LogP contribution is -2.44. The summed E-state index contributed by atoms with van der Waals surface area (Å²) in [5.74, 6) is 2.11. The van der Waals surface area contributed by atoms with Crippen molar-refractivity contribution in [2.75, 3.05) is 52.6 Å². The first kappa shape index (κ1) is 19.5. The van der Waals surface area contributed by atoms with Crippen LogP contribution in [-0.2, 0) is 16.1 Å². The van der Waals surface area contributed by atoms with E-state index >= 15 is 0 Å². The zero-order valence-corrected chi connectivity index (χ0v) is 16.7. The van der Waals surface area contributed by atoms with Crippen LogP contribution in [0, 0.1) is 5.92 Å². The average Bonchev–Trinajstić information content (AvgIpc) is 2.77. The van der Waals surface area contributed by atoms with Gasteiger partial charge in [0.15, 0.2) is 11.5 Å². The first-order chi connectivity index (χ1) is 13.8. The molecule has 1 aromatic carbocycles. The minimum atomic E-state index is 0.190. The van der Waals surface area contributed by atoms with Crippen LogP contribution in [0.5, 0.6) is 11.5 Å². The van der Waals surface area contributed by atoms with Crippen LogP contribution in [0.1, 0.15) is 37.7 Å². The second-order valence-corrected chi connectivity index (χ2v) is 8.03. The van der Waals surface area contributed by atoms with Gasteiger partial charge in [-0.25, -0.2) is 0 Å². The van der Waals surface area contributed by atoms with E-state index in [0.29, 0.717) is 25.7 Å². The Balaban J connectivity index is 1.44. The molecule has 6 nitrogen and oxygen atoms in total. The molecule has 4 rings (SSSR count). The lowest BCUT2D eigenvalue weighted by atomic mass is 9.88. The topological polar surface area (TPSA) is 51.2 Å². The van der Waals surface area contributed by atoms with E-state index in [1.165, 1.54) is 19.3 Å². The van der Waals surface area contributed by atoms with Crippen LogP contribution < -0.4 is 9.47 Å². The number of hydrogen-bond acceptors (Lipinski definition) is 5. The van der Waals surface area contributed by atoms with Crippen molar-refractivity contribution in [3.05, 3.63) is 23.8 Å². The highest BCUT2D eigenvalue weighted by Gasteiger charge is 2.27. The van der Waals surface area contributed by atoms with Crippen molar-refractivity contribution in [3.8, 4) is 11.5 Å². The molecule has 2 fully saturated rings. The summed E-state index contributed by atoms with van der Waals surface area (Å²) in [6, 6.07) is 6.06. The molecule has 1 aliphatic carbocycles. The van der Waals surface area contributed by atoms with Gasteiger partial charge in [0, 0.05) is 38.6 Å². The Kier molecular flexibility index (Phi) is 6.70. The molecule has 0 unspecified atom stereocenters. The molecule has 0 N–H and O–H groups in total. The molecule has 0 bridgehead atoms. The van der Waals surface area contributed by atoms with Gasteiger partial charge in [0.05, 0.1) is 13.2 Å². The van der Waals surface area contributed by atoms with Crippen LogP contribution in [0.15, 0.2) is 18.2 Å². The van der Waals surface area contributed by atoms with Crippen LogP contribution >= 0.6 is 0 Å². The quantitative estimate of drug-likeness (QED) is 0.750. The third kappa shape index (κ3) is 4.97. The smallest absolute Gasteiger partial charge is 0.226 e. The molecule has 1 saturated heterocycles. The van der Waals surface area contributed by atoms with E-state index in [9.17, 15) is 4.79 Å². The van der Waals surface area contributed by atoms with E-state index < -0.39 is 0 Å². The maximum atomic E-state index is 13.3. The van der Waals surface area contributed by atoms with E-state index in [0.717, 1.165) is 69.3 Å². The Labute approximate surface area is 167 Å². The summed E-state index contributed by atoms with van der Waals surface area (Å²) in [6.07, 6.45) is 5.69. The number of carbonyl (C=O) groups excluding carboxylic acids is 1. The molecular formula is C22H32N2O4. The van der Waals surface area contributed by atoms with Crippen molar-refractivity contribution >= 4 is 5.91 Å². The summed E-state index contributed by atoms with van der Waals surface area (Å²) in [7, 11) is 0. The monoisotopic (exact) mass is 388 g/mol. The minimum Gasteiger partial charge on any atom is -0.486 e. The molecule has 0 spiro atoms. The average molecular weight is 389 g/mol. The van der Waals surface area contributed by atoms with Crippen LogP contribution in [0.25, 0.3) is 0 Å².